The van der Waals surface area contributed by atoms with Crippen LogP contribution in [-0.2, 0) is 6.42 Å². The molecule has 1 heteroatoms. The molecule has 0 amide bonds. The second-order valence-electron chi connectivity index (χ2n) is 6.13. The van der Waals surface area contributed by atoms with Crippen LogP contribution in [0, 0.1) is 25.2 Å². The van der Waals surface area contributed by atoms with E-state index in [1.807, 2.05) is 6.07 Å². The molecule has 0 spiro atoms. The highest BCUT2D eigenvalue weighted by atomic mass is 14.3. The predicted octanol–water partition coefficient (Wildman–Crippen LogP) is 5.63. The first-order chi connectivity index (χ1) is 10.7. The minimum atomic E-state index is 0.777. The summed E-state index contributed by atoms with van der Waals surface area (Å²) in [4.78, 5) is 0. The van der Waals surface area contributed by atoms with Crippen LogP contribution in [-0.4, -0.2) is 0 Å². The molecule has 22 heavy (non-hydrogen) atoms. The van der Waals surface area contributed by atoms with Crippen molar-refractivity contribution in [3.05, 3.63) is 58.7 Å². The van der Waals surface area contributed by atoms with Gasteiger partial charge in [-0.15, -0.1) is 0 Å². The van der Waals surface area contributed by atoms with Crippen molar-refractivity contribution in [2.45, 2.75) is 27.2 Å². The Hall–Kier alpha value is -2.59. The van der Waals surface area contributed by atoms with Gasteiger partial charge in [0.05, 0.1) is 11.6 Å². The second-order valence-corrected chi connectivity index (χ2v) is 6.13. The molecule has 0 fully saturated rings. The highest BCUT2D eigenvalue weighted by molar-refractivity contribution is 6.25. The maximum Gasteiger partial charge on any atom is 0.0998 e. The van der Waals surface area contributed by atoms with Crippen molar-refractivity contribution in [2.24, 2.45) is 0 Å². The Labute approximate surface area is 130 Å². The van der Waals surface area contributed by atoms with Crippen molar-refractivity contribution in [1.82, 2.24) is 0 Å². The summed E-state index contributed by atoms with van der Waals surface area (Å²) in [6.45, 7) is 6.49. The third-order valence-corrected chi connectivity index (χ3v) is 4.90. The fourth-order valence-corrected chi connectivity index (χ4v) is 3.82. The number of rotatable bonds is 1. The topological polar surface area (TPSA) is 23.8 Å². The Kier molecular flexibility index (Phi) is 2.65. The van der Waals surface area contributed by atoms with Gasteiger partial charge in [-0.2, -0.15) is 5.26 Å². The van der Waals surface area contributed by atoms with Crippen LogP contribution in [0.1, 0.15) is 29.2 Å². The molecule has 106 valence electrons. The lowest BCUT2D eigenvalue weighted by Crippen LogP contribution is -1.94. The first-order valence-electron chi connectivity index (χ1n) is 7.76. The van der Waals surface area contributed by atoms with Gasteiger partial charge in [0.2, 0.25) is 0 Å². The van der Waals surface area contributed by atoms with Gasteiger partial charge in [-0.3, -0.25) is 0 Å². The molecule has 0 aliphatic heterocycles. The lowest BCUT2D eigenvalue weighted by atomic mass is 9.86. The van der Waals surface area contributed by atoms with Gasteiger partial charge in [0, 0.05) is 5.39 Å². The molecule has 0 aromatic heterocycles. The zero-order chi connectivity index (χ0) is 15.4. The standard InChI is InChI=1S/C21H17N/c1-4-14-9-12(2)16-6-8-19-15(11-22)10-13(3)17-5-7-18(14)20(16)21(17)19/h5-10H,4H2,1-3H3. The van der Waals surface area contributed by atoms with Crippen molar-refractivity contribution in [3.63, 3.8) is 0 Å². The van der Waals surface area contributed by atoms with Crippen LogP contribution < -0.4 is 0 Å². The van der Waals surface area contributed by atoms with E-state index < -0.39 is 0 Å². The number of benzene rings is 4. The van der Waals surface area contributed by atoms with E-state index in [0.717, 1.165) is 17.4 Å². The smallest absolute Gasteiger partial charge is 0.0998 e. The van der Waals surface area contributed by atoms with Gasteiger partial charge in [0.1, 0.15) is 0 Å². The fourth-order valence-electron chi connectivity index (χ4n) is 3.82. The molecule has 0 heterocycles. The normalized spacial score (nSPS) is 11.5. The summed E-state index contributed by atoms with van der Waals surface area (Å²) in [5.74, 6) is 0. The molecule has 0 N–H and O–H groups in total. The molecule has 1 nitrogen and oxygen atoms in total. The van der Waals surface area contributed by atoms with Crippen molar-refractivity contribution in [2.75, 3.05) is 0 Å². The lowest BCUT2D eigenvalue weighted by molar-refractivity contribution is 1.15. The largest absolute Gasteiger partial charge is 0.192 e. The van der Waals surface area contributed by atoms with Gasteiger partial charge in [0.15, 0.2) is 0 Å². The van der Waals surface area contributed by atoms with E-state index in [1.165, 1.54) is 43.6 Å². The molecule has 0 saturated heterocycles. The van der Waals surface area contributed by atoms with Gasteiger partial charge in [-0.25, -0.2) is 0 Å². The summed E-state index contributed by atoms with van der Waals surface area (Å²) < 4.78 is 0. The summed E-state index contributed by atoms with van der Waals surface area (Å²) in [6.07, 6.45) is 1.03. The minimum Gasteiger partial charge on any atom is -0.192 e. The van der Waals surface area contributed by atoms with E-state index >= 15 is 0 Å². The molecular weight excluding hydrogens is 266 g/mol. The molecule has 0 radical (unpaired) electrons. The van der Waals surface area contributed by atoms with Crippen LogP contribution in [0.15, 0.2) is 36.4 Å². The quantitative estimate of drug-likeness (QED) is 0.415. The molecular formula is C21H17N. The van der Waals surface area contributed by atoms with Crippen LogP contribution >= 0.6 is 0 Å². The van der Waals surface area contributed by atoms with E-state index in [-0.39, 0.29) is 0 Å². The monoisotopic (exact) mass is 283 g/mol. The molecule has 0 atom stereocenters. The summed E-state index contributed by atoms with van der Waals surface area (Å²) in [5.41, 5.74) is 4.66. The van der Waals surface area contributed by atoms with Gasteiger partial charge >= 0.3 is 0 Å². The van der Waals surface area contributed by atoms with Gasteiger partial charge in [-0.1, -0.05) is 37.3 Å². The molecule has 0 bridgehead atoms. The van der Waals surface area contributed by atoms with E-state index in [0.29, 0.717) is 0 Å². The number of nitrogens with zero attached hydrogens (tertiary/aromatic N) is 1. The summed E-state index contributed by atoms with van der Waals surface area (Å²) >= 11 is 0. The number of hydrogen-bond donors (Lipinski definition) is 0. The van der Waals surface area contributed by atoms with Crippen LogP contribution in [0.4, 0.5) is 0 Å². The zero-order valence-electron chi connectivity index (χ0n) is 13.1. The Morgan fingerprint density at radius 2 is 1.36 bits per heavy atom. The molecule has 0 aliphatic carbocycles. The van der Waals surface area contributed by atoms with Gasteiger partial charge in [0.25, 0.3) is 0 Å². The van der Waals surface area contributed by atoms with Gasteiger partial charge in [-0.05, 0) is 70.0 Å². The Morgan fingerprint density at radius 3 is 2.00 bits per heavy atom. The third-order valence-electron chi connectivity index (χ3n) is 4.90. The number of hydrogen-bond acceptors (Lipinski definition) is 1. The lowest BCUT2D eigenvalue weighted by Gasteiger charge is -2.17. The molecule has 4 aromatic rings. The molecule has 4 aromatic carbocycles. The molecule has 0 aliphatic rings. The summed E-state index contributed by atoms with van der Waals surface area (Å²) in [7, 11) is 0. The van der Waals surface area contributed by atoms with E-state index in [2.05, 4.69) is 57.2 Å². The molecule has 4 rings (SSSR count). The fraction of sp³-hybridized carbons (Fsp3) is 0.190. The molecule has 0 saturated carbocycles. The van der Waals surface area contributed by atoms with Crippen LogP contribution in [0.3, 0.4) is 0 Å². The Balaban J connectivity index is 2.42. The molecule has 0 unspecified atom stereocenters. The summed E-state index contributed by atoms with van der Waals surface area (Å²) in [6, 6.07) is 15.4. The van der Waals surface area contributed by atoms with E-state index in [9.17, 15) is 5.26 Å². The average molecular weight is 283 g/mol. The van der Waals surface area contributed by atoms with Crippen LogP contribution in [0.25, 0.3) is 32.3 Å². The van der Waals surface area contributed by atoms with E-state index in [4.69, 9.17) is 0 Å². The minimum absolute atomic E-state index is 0.777. The number of nitriles is 1. The highest BCUT2D eigenvalue weighted by Crippen LogP contribution is 2.39. The van der Waals surface area contributed by atoms with Crippen LogP contribution in [0.5, 0.6) is 0 Å². The zero-order valence-corrected chi connectivity index (χ0v) is 13.1. The SMILES string of the molecule is CCc1cc(C)c2ccc3c(C#N)cc(C)c4ccc1c2c43. The van der Waals surface area contributed by atoms with Crippen LogP contribution in [0.2, 0.25) is 0 Å². The summed E-state index contributed by atoms with van der Waals surface area (Å²) in [5, 5.41) is 17.1. The Bertz CT molecular complexity index is 1080. The maximum absolute atomic E-state index is 9.50. The second kappa shape index (κ2) is 4.45. The van der Waals surface area contributed by atoms with E-state index in [1.54, 1.807) is 0 Å². The highest BCUT2D eigenvalue weighted by Gasteiger charge is 2.15. The Morgan fingerprint density at radius 1 is 0.818 bits per heavy atom. The first-order valence-corrected chi connectivity index (χ1v) is 7.76. The van der Waals surface area contributed by atoms with Crippen molar-refractivity contribution in [3.8, 4) is 6.07 Å². The van der Waals surface area contributed by atoms with Crippen molar-refractivity contribution < 1.29 is 0 Å². The van der Waals surface area contributed by atoms with Gasteiger partial charge < -0.3 is 0 Å². The third kappa shape index (κ3) is 1.53. The van der Waals surface area contributed by atoms with Crippen molar-refractivity contribution in [1.29, 1.82) is 5.26 Å². The number of aryl methyl sites for hydroxylation is 3. The predicted molar refractivity (Wildman–Crippen MR) is 93.7 cm³/mol. The van der Waals surface area contributed by atoms with Crippen molar-refractivity contribution >= 4 is 32.3 Å². The maximum atomic E-state index is 9.50. The first kappa shape index (κ1) is 13.1. The average Bonchev–Trinajstić information content (AvgIpc) is 2.55.